The molecule has 1 aromatic carbocycles. The smallest absolute Gasteiger partial charge is 0.412 e. The van der Waals surface area contributed by atoms with Crippen LogP contribution >= 0.6 is 11.6 Å². The minimum absolute atomic E-state index is 0.325. The van der Waals surface area contributed by atoms with Crippen molar-refractivity contribution in [3.05, 3.63) is 29.4 Å². The maximum absolute atomic E-state index is 12.2. The Balaban J connectivity index is 2.10. The molecule has 7 heteroatoms. The predicted molar refractivity (Wildman–Crippen MR) is 100 cm³/mol. The van der Waals surface area contributed by atoms with Crippen molar-refractivity contribution >= 4 is 45.3 Å². The molecule has 0 spiro atoms. The van der Waals surface area contributed by atoms with Crippen LogP contribution in [0.2, 0.25) is 5.15 Å². The summed E-state index contributed by atoms with van der Waals surface area (Å²) in [5, 5.41) is 9.41. The van der Waals surface area contributed by atoms with Gasteiger partial charge in [0.05, 0.1) is 17.5 Å². The highest BCUT2D eigenvalue weighted by molar-refractivity contribution is 6.36. The number of rotatable bonds is 6. The molecule has 3 aromatic rings. The average Bonchev–Trinajstić information content (AvgIpc) is 2.95. The first-order chi connectivity index (χ1) is 12.2. The van der Waals surface area contributed by atoms with Gasteiger partial charge in [-0.15, -0.1) is 0 Å². The van der Waals surface area contributed by atoms with Crippen LogP contribution in [0.4, 0.5) is 10.6 Å². The summed E-state index contributed by atoms with van der Waals surface area (Å²) >= 11 is 6.33. The van der Waals surface area contributed by atoms with Crippen molar-refractivity contribution in [1.29, 1.82) is 0 Å². The first-order valence-electron chi connectivity index (χ1n) is 8.54. The fourth-order valence-electron chi connectivity index (χ4n) is 2.75. The van der Waals surface area contributed by atoms with E-state index >= 15 is 0 Å². The molecule has 132 valence electrons. The lowest BCUT2D eigenvalue weighted by Crippen LogP contribution is -2.17. The van der Waals surface area contributed by atoms with E-state index in [1.165, 1.54) is 0 Å². The van der Waals surface area contributed by atoms with E-state index in [1.54, 1.807) is 4.68 Å². The van der Waals surface area contributed by atoms with Gasteiger partial charge in [0, 0.05) is 11.9 Å². The van der Waals surface area contributed by atoms with Crippen LogP contribution in [0.25, 0.3) is 21.8 Å². The molecule has 0 aliphatic heterocycles. The molecule has 0 bridgehead atoms. The van der Waals surface area contributed by atoms with Crippen LogP contribution in [0, 0.1) is 0 Å². The number of carbonyl (C=O) groups is 1. The third kappa shape index (κ3) is 3.54. The SMILES string of the molecule is CCCCOC(=O)Nc1c2c(nn1CCC)c(Cl)nc1ccccc12. The van der Waals surface area contributed by atoms with Gasteiger partial charge >= 0.3 is 6.09 Å². The van der Waals surface area contributed by atoms with Gasteiger partial charge in [0.15, 0.2) is 5.15 Å². The Morgan fingerprint density at radius 1 is 1.28 bits per heavy atom. The van der Waals surface area contributed by atoms with Crippen LogP contribution in [0.3, 0.4) is 0 Å². The zero-order chi connectivity index (χ0) is 17.8. The normalized spacial score (nSPS) is 11.2. The second-order valence-electron chi connectivity index (χ2n) is 5.83. The van der Waals surface area contributed by atoms with E-state index in [4.69, 9.17) is 16.3 Å². The summed E-state index contributed by atoms with van der Waals surface area (Å²) in [7, 11) is 0. The van der Waals surface area contributed by atoms with Crippen molar-refractivity contribution in [1.82, 2.24) is 14.8 Å². The molecule has 0 aliphatic rings. The van der Waals surface area contributed by atoms with Crippen molar-refractivity contribution in [3.63, 3.8) is 0 Å². The van der Waals surface area contributed by atoms with Crippen molar-refractivity contribution in [2.24, 2.45) is 0 Å². The van der Waals surface area contributed by atoms with E-state index in [0.29, 0.717) is 29.6 Å². The summed E-state index contributed by atoms with van der Waals surface area (Å²) in [4.78, 5) is 16.6. The number of nitrogens with one attached hydrogen (secondary N) is 1. The maximum atomic E-state index is 12.2. The second-order valence-corrected chi connectivity index (χ2v) is 6.19. The largest absolute Gasteiger partial charge is 0.449 e. The molecule has 0 saturated carbocycles. The molecule has 0 aliphatic carbocycles. The van der Waals surface area contributed by atoms with Crippen molar-refractivity contribution in [3.8, 4) is 0 Å². The molecule has 6 nitrogen and oxygen atoms in total. The molecular formula is C18H21ClN4O2. The summed E-state index contributed by atoms with van der Waals surface area (Å²) in [5.74, 6) is 0.596. The summed E-state index contributed by atoms with van der Waals surface area (Å²) in [5.41, 5.74) is 1.34. The number of nitrogens with zero attached hydrogens (tertiary/aromatic N) is 3. The molecule has 1 amide bonds. The molecule has 0 saturated heterocycles. The average molecular weight is 361 g/mol. The van der Waals surface area contributed by atoms with Crippen molar-refractivity contribution in [2.45, 2.75) is 39.7 Å². The zero-order valence-electron chi connectivity index (χ0n) is 14.4. The van der Waals surface area contributed by atoms with Crippen LogP contribution in [-0.2, 0) is 11.3 Å². The predicted octanol–water partition coefficient (Wildman–Crippen LogP) is 5.00. The van der Waals surface area contributed by atoms with E-state index in [9.17, 15) is 4.79 Å². The Morgan fingerprint density at radius 2 is 2.08 bits per heavy atom. The van der Waals surface area contributed by atoms with E-state index in [0.717, 1.165) is 35.6 Å². The number of hydrogen-bond acceptors (Lipinski definition) is 4. The summed E-state index contributed by atoms with van der Waals surface area (Å²) in [6.07, 6.45) is 2.19. The number of unbranched alkanes of at least 4 members (excludes halogenated alkanes) is 1. The van der Waals surface area contributed by atoms with E-state index < -0.39 is 6.09 Å². The number of fused-ring (bicyclic) bond motifs is 3. The highest BCUT2D eigenvalue weighted by Gasteiger charge is 2.19. The van der Waals surface area contributed by atoms with E-state index in [-0.39, 0.29) is 0 Å². The number of hydrogen-bond donors (Lipinski definition) is 1. The molecular weight excluding hydrogens is 340 g/mol. The minimum atomic E-state index is -0.482. The van der Waals surface area contributed by atoms with Crippen LogP contribution in [-0.4, -0.2) is 27.5 Å². The molecule has 0 unspecified atom stereocenters. The molecule has 0 fully saturated rings. The molecule has 0 atom stereocenters. The fraction of sp³-hybridized carbons (Fsp3) is 0.389. The lowest BCUT2D eigenvalue weighted by atomic mass is 10.1. The number of pyridine rings is 1. The summed E-state index contributed by atoms with van der Waals surface area (Å²) in [6.45, 7) is 5.15. The Labute approximate surface area is 151 Å². The number of aromatic nitrogens is 3. The van der Waals surface area contributed by atoms with Gasteiger partial charge in [-0.3, -0.25) is 5.32 Å². The van der Waals surface area contributed by atoms with Crippen LogP contribution in [0.1, 0.15) is 33.1 Å². The number of carbonyl (C=O) groups excluding carboxylic acids is 1. The second kappa shape index (κ2) is 7.70. The number of aryl methyl sites for hydroxylation is 1. The number of benzene rings is 1. The van der Waals surface area contributed by atoms with Crippen LogP contribution in [0.5, 0.6) is 0 Å². The number of ether oxygens (including phenoxy) is 1. The standard InChI is InChI=1S/C18H21ClN4O2/c1-3-5-11-25-18(24)21-17-14-12-8-6-7-9-13(12)20-16(19)15(14)22-23(17)10-4-2/h6-9H,3-5,10-11H2,1-2H3,(H,21,24). The van der Waals surface area contributed by atoms with Gasteiger partial charge in [0.25, 0.3) is 0 Å². The van der Waals surface area contributed by atoms with Gasteiger partial charge < -0.3 is 4.74 Å². The zero-order valence-corrected chi connectivity index (χ0v) is 15.1. The van der Waals surface area contributed by atoms with E-state index in [1.807, 2.05) is 38.1 Å². The Bertz CT molecular complexity index is 907. The first kappa shape index (κ1) is 17.5. The molecule has 1 N–H and O–H groups in total. The number of amides is 1. The van der Waals surface area contributed by atoms with Crippen molar-refractivity contribution in [2.75, 3.05) is 11.9 Å². The van der Waals surface area contributed by atoms with Gasteiger partial charge in [0.1, 0.15) is 11.3 Å². The summed E-state index contributed by atoms with van der Waals surface area (Å²) in [6, 6.07) is 7.67. The number of anilines is 1. The maximum Gasteiger partial charge on any atom is 0.412 e. The lowest BCUT2D eigenvalue weighted by Gasteiger charge is -2.10. The molecule has 3 rings (SSSR count). The Hall–Kier alpha value is -2.34. The third-order valence-corrected chi connectivity index (χ3v) is 4.19. The van der Waals surface area contributed by atoms with Gasteiger partial charge in [0.2, 0.25) is 0 Å². The van der Waals surface area contributed by atoms with Gasteiger partial charge in [-0.05, 0) is 18.9 Å². The van der Waals surface area contributed by atoms with E-state index in [2.05, 4.69) is 15.4 Å². The van der Waals surface area contributed by atoms with Gasteiger partial charge in [-0.1, -0.05) is 50.1 Å². The van der Waals surface area contributed by atoms with Gasteiger partial charge in [-0.25, -0.2) is 14.5 Å². The first-order valence-corrected chi connectivity index (χ1v) is 8.92. The lowest BCUT2D eigenvalue weighted by molar-refractivity contribution is 0.159. The van der Waals surface area contributed by atoms with Crippen LogP contribution < -0.4 is 5.32 Å². The quantitative estimate of drug-likeness (QED) is 0.496. The fourth-order valence-corrected chi connectivity index (χ4v) is 2.97. The Morgan fingerprint density at radius 3 is 2.84 bits per heavy atom. The van der Waals surface area contributed by atoms with Crippen molar-refractivity contribution < 1.29 is 9.53 Å². The monoisotopic (exact) mass is 360 g/mol. The highest BCUT2D eigenvalue weighted by atomic mass is 35.5. The molecule has 2 aromatic heterocycles. The topological polar surface area (TPSA) is 69.0 Å². The van der Waals surface area contributed by atoms with Crippen LogP contribution in [0.15, 0.2) is 24.3 Å². The molecule has 25 heavy (non-hydrogen) atoms. The Kier molecular flexibility index (Phi) is 5.38. The highest BCUT2D eigenvalue weighted by Crippen LogP contribution is 2.34. The van der Waals surface area contributed by atoms with Gasteiger partial charge in [-0.2, -0.15) is 5.10 Å². The molecule has 2 heterocycles. The number of para-hydroxylation sites is 1. The molecule has 0 radical (unpaired) electrons. The summed E-state index contributed by atoms with van der Waals surface area (Å²) < 4.78 is 7.00. The third-order valence-electron chi connectivity index (χ3n) is 3.93. The number of halogens is 1. The minimum Gasteiger partial charge on any atom is -0.449 e.